The minimum absolute atomic E-state index is 0. The van der Waals surface area contributed by atoms with Crippen molar-refractivity contribution in [3.8, 4) is 0 Å². The molecule has 102 valence electrons. The van der Waals surface area contributed by atoms with Gasteiger partial charge in [-0.15, -0.1) is 12.4 Å². The molecule has 0 saturated heterocycles. The van der Waals surface area contributed by atoms with E-state index >= 15 is 0 Å². The number of hydrogen-bond donors (Lipinski definition) is 1. The molecule has 0 bridgehead atoms. The quantitative estimate of drug-likeness (QED) is 0.919. The Hall–Kier alpha value is -0.580. The normalized spacial score (nSPS) is 11.9. The van der Waals surface area contributed by atoms with E-state index in [4.69, 9.17) is 5.73 Å². The predicted molar refractivity (Wildman–Crippen MR) is 80.7 cm³/mol. The Kier molecular flexibility index (Phi) is 7.52. The van der Waals surface area contributed by atoms with E-state index in [1.807, 2.05) is 38.1 Å². The van der Waals surface area contributed by atoms with Gasteiger partial charge >= 0.3 is 0 Å². The highest BCUT2D eigenvalue weighted by Gasteiger charge is 2.20. The molecule has 5 heteroatoms. The van der Waals surface area contributed by atoms with E-state index < -0.39 is 6.04 Å². The molecule has 18 heavy (non-hydrogen) atoms. The molecule has 2 N–H and O–H groups in total. The number of benzene rings is 1. The lowest BCUT2D eigenvalue weighted by Crippen LogP contribution is -2.44. The first kappa shape index (κ1) is 17.4. The van der Waals surface area contributed by atoms with Crippen molar-refractivity contribution in [3.05, 3.63) is 34.3 Å². The second-order valence-corrected chi connectivity index (χ2v) is 5.51. The lowest BCUT2D eigenvalue weighted by atomic mass is 10.0. The lowest BCUT2D eigenvalue weighted by Gasteiger charge is -2.23. The molecule has 0 aliphatic carbocycles. The van der Waals surface area contributed by atoms with Gasteiger partial charge in [-0.1, -0.05) is 41.9 Å². The van der Waals surface area contributed by atoms with Crippen LogP contribution in [0.15, 0.2) is 28.7 Å². The summed E-state index contributed by atoms with van der Waals surface area (Å²) in [5.41, 5.74) is 6.94. The van der Waals surface area contributed by atoms with Crippen molar-refractivity contribution in [2.45, 2.75) is 26.4 Å². The van der Waals surface area contributed by atoms with E-state index in [1.54, 1.807) is 11.9 Å². The molecule has 1 aromatic carbocycles. The largest absolute Gasteiger partial charge is 0.340 e. The van der Waals surface area contributed by atoms with Crippen molar-refractivity contribution in [2.24, 2.45) is 11.7 Å². The summed E-state index contributed by atoms with van der Waals surface area (Å²) >= 11 is 3.38. The van der Waals surface area contributed by atoms with Crippen LogP contribution in [0.2, 0.25) is 0 Å². The van der Waals surface area contributed by atoms with Crippen molar-refractivity contribution >= 4 is 34.2 Å². The Labute approximate surface area is 123 Å². The van der Waals surface area contributed by atoms with E-state index in [0.717, 1.165) is 10.0 Å². The molecule has 0 unspecified atom stereocenters. The Bertz CT molecular complexity index is 381. The van der Waals surface area contributed by atoms with Gasteiger partial charge in [0, 0.05) is 18.1 Å². The fourth-order valence-corrected chi connectivity index (χ4v) is 1.75. The van der Waals surface area contributed by atoms with Crippen molar-refractivity contribution in [1.82, 2.24) is 4.90 Å². The van der Waals surface area contributed by atoms with Crippen LogP contribution in [0.3, 0.4) is 0 Å². The van der Waals surface area contributed by atoms with Gasteiger partial charge in [0.25, 0.3) is 0 Å². The highest BCUT2D eigenvalue weighted by atomic mass is 79.9. The standard InChI is InChI=1S/C13H19BrN2O.ClH/c1-9(2)12(15)13(17)16(3)8-10-4-6-11(14)7-5-10;/h4-7,9,12H,8,15H2,1-3H3;1H/t12-;/m1./s1. The molecule has 0 radical (unpaired) electrons. The monoisotopic (exact) mass is 334 g/mol. The molecular weight excluding hydrogens is 316 g/mol. The maximum absolute atomic E-state index is 11.9. The van der Waals surface area contributed by atoms with E-state index in [-0.39, 0.29) is 24.2 Å². The zero-order chi connectivity index (χ0) is 13.0. The third-order valence-corrected chi connectivity index (χ3v) is 3.24. The zero-order valence-electron chi connectivity index (χ0n) is 10.9. The number of hydrogen-bond acceptors (Lipinski definition) is 2. The number of nitrogens with two attached hydrogens (primary N) is 1. The van der Waals surface area contributed by atoms with Crippen molar-refractivity contribution < 1.29 is 4.79 Å². The number of halogens is 2. The van der Waals surface area contributed by atoms with Crippen molar-refractivity contribution in [1.29, 1.82) is 0 Å². The van der Waals surface area contributed by atoms with E-state index in [2.05, 4.69) is 15.9 Å². The second-order valence-electron chi connectivity index (χ2n) is 4.59. The third-order valence-electron chi connectivity index (χ3n) is 2.71. The smallest absolute Gasteiger partial charge is 0.239 e. The summed E-state index contributed by atoms with van der Waals surface area (Å²) < 4.78 is 1.04. The molecule has 0 heterocycles. The minimum atomic E-state index is -0.421. The van der Waals surface area contributed by atoms with Crippen LogP contribution in [0.4, 0.5) is 0 Å². The van der Waals surface area contributed by atoms with Crippen LogP contribution < -0.4 is 5.73 Å². The van der Waals surface area contributed by atoms with Crippen LogP contribution in [0.1, 0.15) is 19.4 Å². The number of carbonyl (C=O) groups is 1. The molecule has 0 aliphatic rings. The molecule has 0 spiro atoms. The van der Waals surface area contributed by atoms with Crippen LogP contribution in [0.5, 0.6) is 0 Å². The summed E-state index contributed by atoms with van der Waals surface area (Å²) in [5, 5.41) is 0. The predicted octanol–water partition coefficient (Wildman–Crippen LogP) is 2.81. The van der Waals surface area contributed by atoms with Gasteiger partial charge < -0.3 is 10.6 Å². The zero-order valence-corrected chi connectivity index (χ0v) is 13.3. The summed E-state index contributed by atoms with van der Waals surface area (Å²) in [6.45, 7) is 4.50. The lowest BCUT2D eigenvalue weighted by molar-refractivity contribution is -0.132. The molecule has 0 aromatic heterocycles. The summed E-state index contributed by atoms with van der Waals surface area (Å²) in [4.78, 5) is 13.6. The fourth-order valence-electron chi connectivity index (χ4n) is 1.48. The fraction of sp³-hybridized carbons (Fsp3) is 0.462. The number of likely N-dealkylation sites (N-methyl/N-ethyl adjacent to an activating group) is 1. The van der Waals surface area contributed by atoms with Gasteiger partial charge in [0.1, 0.15) is 0 Å². The van der Waals surface area contributed by atoms with Gasteiger partial charge in [0.05, 0.1) is 6.04 Å². The van der Waals surface area contributed by atoms with Crippen LogP contribution in [0, 0.1) is 5.92 Å². The Morgan fingerprint density at radius 3 is 2.28 bits per heavy atom. The molecule has 1 atom stereocenters. The van der Waals surface area contributed by atoms with Gasteiger partial charge in [0.2, 0.25) is 5.91 Å². The number of amides is 1. The molecule has 1 aromatic rings. The van der Waals surface area contributed by atoms with Gasteiger partial charge in [-0.05, 0) is 23.6 Å². The van der Waals surface area contributed by atoms with Crippen molar-refractivity contribution in [3.63, 3.8) is 0 Å². The average Bonchev–Trinajstić information content (AvgIpc) is 2.30. The first-order chi connectivity index (χ1) is 7.91. The topological polar surface area (TPSA) is 46.3 Å². The SMILES string of the molecule is CC(C)[C@@H](N)C(=O)N(C)Cc1ccc(Br)cc1.Cl. The van der Waals surface area contributed by atoms with E-state index in [0.29, 0.717) is 6.54 Å². The van der Waals surface area contributed by atoms with E-state index in [1.165, 1.54) is 0 Å². The Morgan fingerprint density at radius 1 is 1.33 bits per heavy atom. The molecule has 3 nitrogen and oxygen atoms in total. The molecule has 0 saturated carbocycles. The maximum atomic E-state index is 11.9. The second kappa shape index (κ2) is 7.77. The third kappa shape index (κ3) is 4.96. The summed E-state index contributed by atoms with van der Waals surface area (Å²) in [6.07, 6.45) is 0. The Morgan fingerprint density at radius 2 is 1.83 bits per heavy atom. The maximum Gasteiger partial charge on any atom is 0.239 e. The summed E-state index contributed by atoms with van der Waals surface area (Å²) in [5.74, 6) is 0.151. The van der Waals surface area contributed by atoms with Crippen LogP contribution >= 0.6 is 28.3 Å². The van der Waals surface area contributed by atoms with Gasteiger partial charge in [-0.2, -0.15) is 0 Å². The first-order valence-corrected chi connectivity index (χ1v) is 6.46. The molecule has 1 amide bonds. The highest BCUT2D eigenvalue weighted by Crippen LogP contribution is 2.12. The average molecular weight is 336 g/mol. The van der Waals surface area contributed by atoms with Crippen LogP contribution in [-0.4, -0.2) is 23.9 Å². The molecule has 0 fully saturated rings. The number of rotatable bonds is 4. The Balaban J connectivity index is 0.00000289. The highest BCUT2D eigenvalue weighted by molar-refractivity contribution is 9.10. The number of nitrogens with zero attached hydrogens (tertiary/aromatic N) is 1. The van der Waals surface area contributed by atoms with Crippen LogP contribution in [-0.2, 0) is 11.3 Å². The van der Waals surface area contributed by atoms with Crippen molar-refractivity contribution in [2.75, 3.05) is 7.05 Å². The molecule has 1 rings (SSSR count). The van der Waals surface area contributed by atoms with Gasteiger partial charge in [-0.25, -0.2) is 0 Å². The van der Waals surface area contributed by atoms with Gasteiger partial charge in [0.15, 0.2) is 0 Å². The van der Waals surface area contributed by atoms with Crippen LogP contribution in [0.25, 0.3) is 0 Å². The molecular formula is C13H20BrClN2O. The molecule has 0 aliphatic heterocycles. The van der Waals surface area contributed by atoms with E-state index in [9.17, 15) is 4.79 Å². The summed E-state index contributed by atoms with van der Waals surface area (Å²) in [6, 6.07) is 7.51. The first-order valence-electron chi connectivity index (χ1n) is 5.67. The number of carbonyl (C=O) groups excluding carboxylic acids is 1. The minimum Gasteiger partial charge on any atom is -0.340 e. The van der Waals surface area contributed by atoms with Gasteiger partial charge in [-0.3, -0.25) is 4.79 Å². The summed E-state index contributed by atoms with van der Waals surface area (Å²) in [7, 11) is 1.78.